The summed E-state index contributed by atoms with van der Waals surface area (Å²) in [6, 6.07) is 13.3. The Bertz CT molecular complexity index is 1660. The quantitative estimate of drug-likeness (QED) is 0.276. The highest BCUT2D eigenvalue weighted by molar-refractivity contribution is 7.89. The van der Waals surface area contributed by atoms with E-state index in [2.05, 4.69) is 25.7 Å². The molecule has 1 aromatic heterocycles. The molecule has 3 N–H and O–H groups in total. The first-order valence-corrected chi connectivity index (χ1v) is 16.5. The third kappa shape index (κ3) is 6.36. The van der Waals surface area contributed by atoms with E-state index in [9.17, 15) is 18.0 Å². The van der Waals surface area contributed by atoms with Crippen molar-refractivity contribution >= 4 is 33.2 Å². The number of aromatic nitrogens is 2. The van der Waals surface area contributed by atoms with Gasteiger partial charge in [-0.15, -0.1) is 0 Å². The van der Waals surface area contributed by atoms with Crippen LogP contribution in [0.2, 0.25) is 0 Å². The van der Waals surface area contributed by atoms with Crippen molar-refractivity contribution in [2.75, 3.05) is 5.32 Å². The predicted molar refractivity (Wildman–Crippen MR) is 164 cm³/mol. The molecule has 1 heterocycles. The van der Waals surface area contributed by atoms with E-state index in [1.165, 1.54) is 0 Å². The van der Waals surface area contributed by atoms with E-state index >= 15 is 0 Å². The molecule has 226 valence electrons. The number of rotatable bonds is 11. The molecule has 2 amide bonds. The zero-order chi connectivity index (χ0) is 30.3. The van der Waals surface area contributed by atoms with Crippen LogP contribution in [-0.4, -0.2) is 41.8 Å². The molecule has 3 aliphatic rings. The molecule has 0 bridgehead atoms. The minimum atomic E-state index is -3.78. The Labute approximate surface area is 252 Å². The average molecular weight is 603 g/mol. The maximum Gasteiger partial charge on any atom is 0.276 e. The zero-order valence-corrected chi connectivity index (χ0v) is 25.5. The number of nitrogens with zero attached hydrogens (tertiary/aromatic N) is 3. The third-order valence-corrected chi connectivity index (χ3v) is 9.85. The van der Waals surface area contributed by atoms with Gasteiger partial charge in [0.25, 0.3) is 15.9 Å². The number of hydrazone groups is 1. The van der Waals surface area contributed by atoms with E-state index in [0.29, 0.717) is 41.8 Å². The van der Waals surface area contributed by atoms with Crippen molar-refractivity contribution in [2.45, 2.75) is 76.3 Å². The first-order chi connectivity index (χ1) is 20.6. The Balaban J connectivity index is 1.18. The minimum absolute atomic E-state index is 0.0171. The highest BCUT2D eigenvalue weighted by Gasteiger charge is 2.48. The van der Waals surface area contributed by atoms with Crippen molar-refractivity contribution in [3.05, 3.63) is 77.1 Å². The van der Waals surface area contributed by atoms with Gasteiger partial charge in [-0.1, -0.05) is 23.8 Å². The van der Waals surface area contributed by atoms with E-state index < -0.39 is 16.1 Å². The first kappa shape index (κ1) is 29.1. The number of sulfonamides is 1. The smallest absolute Gasteiger partial charge is 0.276 e. The number of amides is 2. The lowest BCUT2D eigenvalue weighted by molar-refractivity contribution is -0.119. The van der Waals surface area contributed by atoms with Gasteiger partial charge in [0.1, 0.15) is 11.7 Å². The second-order valence-corrected chi connectivity index (χ2v) is 13.9. The summed E-state index contributed by atoms with van der Waals surface area (Å²) in [6.07, 6.45) is 7.20. The van der Waals surface area contributed by atoms with Crippen LogP contribution in [0.25, 0.3) is 0 Å². The number of hydrogen-bond donors (Lipinski definition) is 3. The summed E-state index contributed by atoms with van der Waals surface area (Å²) in [6.45, 7) is 5.83. The summed E-state index contributed by atoms with van der Waals surface area (Å²) < 4.78 is 27.1. The Morgan fingerprint density at radius 2 is 1.67 bits per heavy atom. The summed E-state index contributed by atoms with van der Waals surface area (Å²) >= 11 is 0. The lowest BCUT2D eigenvalue weighted by Crippen LogP contribution is -2.50. The van der Waals surface area contributed by atoms with Crippen LogP contribution < -0.4 is 15.5 Å². The number of fused-ring (bicyclic) bond motifs is 1. The molecule has 43 heavy (non-hydrogen) atoms. The summed E-state index contributed by atoms with van der Waals surface area (Å²) in [5.41, 5.74) is 4.54. The van der Waals surface area contributed by atoms with Gasteiger partial charge in [0.2, 0.25) is 5.91 Å². The monoisotopic (exact) mass is 602 g/mol. The molecule has 3 aliphatic carbocycles. The maximum atomic E-state index is 13.8. The minimum Gasteiger partial charge on any atom is -0.339 e. The van der Waals surface area contributed by atoms with Gasteiger partial charge in [-0.25, -0.2) is 0 Å². The summed E-state index contributed by atoms with van der Waals surface area (Å²) in [5, 5.41) is 14.7. The highest BCUT2D eigenvalue weighted by atomic mass is 32.2. The molecule has 11 heteroatoms. The molecule has 0 spiro atoms. The standard InChI is InChI=1S/C32H38N6O4S/c1-19(2)38-28(16-17-33-38)31(39)35-30(29(21-6-7-21)22-8-9-22)32(40)34-24-11-14-26-23(18-24)10-15-27(26)36-37-43(41,42)25-12-4-20(3)5-13-25/h4-5,11-14,16-19,21-22,29-30,37H,6-10,15H2,1-3H3,(H,34,40)(H,35,39)/b36-27+/t30-/m0/s1. The van der Waals surface area contributed by atoms with Gasteiger partial charge in [0.05, 0.1) is 10.6 Å². The molecule has 0 unspecified atom stereocenters. The molecule has 0 radical (unpaired) electrons. The summed E-state index contributed by atoms with van der Waals surface area (Å²) in [7, 11) is -3.78. The Hall–Kier alpha value is -3.99. The van der Waals surface area contributed by atoms with Crippen molar-refractivity contribution in [3.8, 4) is 0 Å². The molecule has 3 aromatic rings. The van der Waals surface area contributed by atoms with Crippen molar-refractivity contribution in [1.29, 1.82) is 0 Å². The predicted octanol–water partition coefficient (Wildman–Crippen LogP) is 4.57. The number of benzene rings is 2. The number of carbonyl (C=O) groups excluding carboxylic acids is 2. The topological polar surface area (TPSA) is 135 Å². The third-order valence-electron chi connectivity index (χ3n) is 8.63. The molecule has 10 nitrogen and oxygen atoms in total. The molecular weight excluding hydrogens is 564 g/mol. The summed E-state index contributed by atoms with van der Waals surface area (Å²) in [5.74, 6) is 0.488. The lowest BCUT2D eigenvalue weighted by Gasteiger charge is -2.28. The van der Waals surface area contributed by atoms with Crippen molar-refractivity contribution in [2.24, 2.45) is 22.9 Å². The number of anilines is 1. The molecule has 0 saturated heterocycles. The fourth-order valence-electron chi connectivity index (χ4n) is 6.12. The number of aryl methyl sites for hydroxylation is 2. The van der Waals surface area contributed by atoms with E-state index in [1.807, 2.05) is 39.0 Å². The van der Waals surface area contributed by atoms with Gasteiger partial charge >= 0.3 is 0 Å². The molecule has 1 atom stereocenters. The van der Waals surface area contributed by atoms with Gasteiger partial charge in [-0.05, 0) is 113 Å². The number of carbonyl (C=O) groups is 2. The second kappa shape index (κ2) is 11.6. The normalized spacial score (nSPS) is 18.1. The van der Waals surface area contributed by atoms with Crippen molar-refractivity contribution in [1.82, 2.24) is 19.9 Å². The van der Waals surface area contributed by atoms with E-state index in [1.54, 1.807) is 41.2 Å². The average Bonchev–Trinajstić information content (AvgIpc) is 3.90. The largest absolute Gasteiger partial charge is 0.339 e. The molecule has 2 fully saturated rings. The van der Waals surface area contributed by atoms with Gasteiger partial charge in [-0.3, -0.25) is 14.3 Å². The fourth-order valence-corrected chi connectivity index (χ4v) is 6.95. The van der Waals surface area contributed by atoms with Gasteiger partial charge in [-0.2, -0.15) is 23.4 Å². The van der Waals surface area contributed by atoms with Crippen LogP contribution in [0, 0.1) is 24.7 Å². The van der Waals surface area contributed by atoms with Crippen LogP contribution in [0.4, 0.5) is 5.69 Å². The van der Waals surface area contributed by atoms with Gasteiger partial charge in [0.15, 0.2) is 0 Å². The SMILES string of the molecule is Cc1ccc(S(=O)(=O)N/N=C2\CCc3cc(NC(=O)[C@@H](NC(=O)c4ccnn4C(C)C)C(C4CC4)C4CC4)ccc32)cc1. The highest BCUT2D eigenvalue weighted by Crippen LogP contribution is 2.51. The Morgan fingerprint density at radius 1 is 0.977 bits per heavy atom. The molecule has 2 aromatic carbocycles. The van der Waals surface area contributed by atoms with E-state index in [4.69, 9.17) is 0 Å². The number of nitrogens with one attached hydrogen (secondary N) is 3. The Kier molecular flexibility index (Phi) is 7.85. The molecule has 6 rings (SSSR count). The van der Waals surface area contributed by atoms with Gasteiger partial charge < -0.3 is 10.6 Å². The number of hydrogen-bond acceptors (Lipinski definition) is 6. The molecule has 0 aliphatic heterocycles. The lowest BCUT2D eigenvalue weighted by atomic mass is 9.88. The maximum absolute atomic E-state index is 13.8. The first-order valence-electron chi connectivity index (χ1n) is 15.0. The fraction of sp³-hybridized carbons (Fsp3) is 0.438. The second-order valence-electron chi connectivity index (χ2n) is 12.3. The molecular formula is C32H38N6O4S. The Morgan fingerprint density at radius 3 is 2.33 bits per heavy atom. The van der Waals surface area contributed by atoms with Crippen LogP contribution in [0.1, 0.15) is 79.2 Å². The van der Waals surface area contributed by atoms with E-state index in [-0.39, 0.29) is 28.7 Å². The van der Waals surface area contributed by atoms with Gasteiger partial charge in [0, 0.05) is 23.5 Å². The van der Waals surface area contributed by atoms with Crippen LogP contribution in [0.15, 0.2) is 64.7 Å². The van der Waals surface area contributed by atoms with Crippen molar-refractivity contribution < 1.29 is 18.0 Å². The van der Waals surface area contributed by atoms with Crippen LogP contribution in [0.3, 0.4) is 0 Å². The molecule has 2 saturated carbocycles. The van der Waals surface area contributed by atoms with Crippen LogP contribution >= 0.6 is 0 Å². The van der Waals surface area contributed by atoms with Crippen molar-refractivity contribution in [3.63, 3.8) is 0 Å². The zero-order valence-electron chi connectivity index (χ0n) is 24.7. The van der Waals surface area contributed by atoms with Crippen LogP contribution in [0.5, 0.6) is 0 Å². The summed E-state index contributed by atoms with van der Waals surface area (Å²) in [4.78, 5) is 29.8. The van der Waals surface area contributed by atoms with Crippen LogP contribution in [-0.2, 0) is 21.2 Å². The van der Waals surface area contributed by atoms with E-state index in [0.717, 1.165) is 42.4 Å².